The molecule has 9 heteroatoms. The molecule has 30 heavy (non-hydrogen) atoms. The smallest absolute Gasteiger partial charge is 0.260 e. The van der Waals surface area contributed by atoms with Crippen LogP contribution in [0.1, 0.15) is 30.2 Å². The molecule has 0 spiro atoms. The van der Waals surface area contributed by atoms with E-state index < -0.39 is 0 Å². The molecule has 0 saturated carbocycles. The standard InChI is InChI=1S/C21H23N5O2S2/c1-13-10-15(24-28-13)11-25-5-7-26(8-6-25)14(2)19-22-20(27)18-16(12-30-21(18)23-19)17-4-3-9-29-17/h3-4,9-10,12,14H,5-8,11H2,1-2H3,(H,22,23,27). The Morgan fingerprint density at radius 1 is 1.27 bits per heavy atom. The van der Waals surface area contributed by atoms with Gasteiger partial charge < -0.3 is 9.51 Å². The van der Waals surface area contributed by atoms with Crippen LogP contribution in [-0.2, 0) is 6.54 Å². The molecule has 156 valence electrons. The number of rotatable bonds is 5. The Labute approximate surface area is 182 Å². The van der Waals surface area contributed by atoms with Crippen LogP contribution in [0.4, 0.5) is 0 Å². The third-order valence-corrected chi connectivity index (χ3v) is 7.44. The van der Waals surface area contributed by atoms with Gasteiger partial charge in [0.25, 0.3) is 5.56 Å². The van der Waals surface area contributed by atoms with Gasteiger partial charge in [0.2, 0.25) is 0 Å². The summed E-state index contributed by atoms with van der Waals surface area (Å²) < 4.78 is 5.17. The Balaban J connectivity index is 1.30. The van der Waals surface area contributed by atoms with Gasteiger partial charge in [0, 0.05) is 54.6 Å². The van der Waals surface area contributed by atoms with Gasteiger partial charge in [-0.2, -0.15) is 0 Å². The van der Waals surface area contributed by atoms with Crippen molar-refractivity contribution in [2.24, 2.45) is 0 Å². The predicted octanol–water partition coefficient (Wildman–Crippen LogP) is 3.89. The van der Waals surface area contributed by atoms with Crippen LogP contribution in [0.3, 0.4) is 0 Å². The lowest BCUT2D eigenvalue weighted by atomic mass is 10.2. The number of thiophene rings is 2. The minimum absolute atomic E-state index is 0.0495. The van der Waals surface area contributed by atoms with Crippen molar-refractivity contribution in [3.8, 4) is 10.4 Å². The van der Waals surface area contributed by atoms with Gasteiger partial charge in [0.05, 0.1) is 17.1 Å². The maximum atomic E-state index is 12.9. The summed E-state index contributed by atoms with van der Waals surface area (Å²) in [5.74, 6) is 1.59. The van der Waals surface area contributed by atoms with Gasteiger partial charge in [0.15, 0.2) is 0 Å². The highest BCUT2D eigenvalue weighted by Crippen LogP contribution is 2.34. The van der Waals surface area contributed by atoms with Gasteiger partial charge in [-0.25, -0.2) is 4.98 Å². The number of nitrogens with one attached hydrogen (secondary N) is 1. The van der Waals surface area contributed by atoms with Crippen molar-refractivity contribution in [3.63, 3.8) is 0 Å². The van der Waals surface area contributed by atoms with E-state index in [2.05, 4.69) is 26.9 Å². The van der Waals surface area contributed by atoms with E-state index >= 15 is 0 Å². The molecule has 0 aromatic carbocycles. The van der Waals surface area contributed by atoms with E-state index in [1.165, 1.54) is 0 Å². The zero-order valence-corrected chi connectivity index (χ0v) is 18.6. The van der Waals surface area contributed by atoms with Crippen molar-refractivity contribution in [2.45, 2.75) is 26.4 Å². The highest BCUT2D eigenvalue weighted by Gasteiger charge is 2.25. The molecule has 1 N–H and O–H groups in total. The maximum Gasteiger partial charge on any atom is 0.260 e. The molecule has 0 radical (unpaired) electrons. The van der Waals surface area contributed by atoms with Crippen molar-refractivity contribution < 1.29 is 4.52 Å². The topological polar surface area (TPSA) is 78.3 Å². The summed E-state index contributed by atoms with van der Waals surface area (Å²) in [7, 11) is 0. The third kappa shape index (κ3) is 3.74. The quantitative estimate of drug-likeness (QED) is 0.506. The number of nitrogens with zero attached hydrogens (tertiary/aromatic N) is 4. The van der Waals surface area contributed by atoms with E-state index in [0.717, 1.165) is 65.3 Å². The fourth-order valence-corrected chi connectivity index (χ4v) is 5.75. The summed E-state index contributed by atoms with van der Waals surface area (Å²) in [6.45, 7) is 8.58. The zero-order valence-electron chi connectivity index (χ0n) is 16.9. The van der Waals surface area contributed by atoms with Crippen LogP contribution in [0.25, 0.3) is 20.7 Å². The minimum atomic E-state index is -0.0495. The first kappa shape index (κ1) is 19.6. The number of hydrogen-bond donors (Lipinski definition) is 1. The average Bonchev–Trinajstić information content (AvgIpc) is 3.49. The molecule has 0 bridgehead atoms. The second-order valence-corrected chi connectivity index (χ2v) is 9.48. The van der Waals surface area contributed by atoms with E-state index in [-0.39, 0.29) is 11.6 Å². The van der Waals surface area contributed by atoms with Crippen molar-refractivity contribution in [2.75, 3.05) is 26.2 Å². The number of aromatic nitrogens is 3. The number of piperazine rings is 1. The molecule has 5 heterocycles. The molecule has 0 amide bonds. The highest BCUT2D eigenvalue weighted by atomic mass is 32.1. The Morgan fingerprint density at radius 2 is 2.10 bits per heavy atom. The van der Waals surface area contributed by atoms with E-state index in [9.17, 15) is 4.79 Å². The van der Waals surface area contributed by atoms with E-state index in [1.807, 2.05) is 35.9 Å². The Hall–Kier alpha value is -2.33. The Morgan fingerprint density at radius 3 is 2.80 bits per heavy atom. The monoisotopic (exact) mass is 441 g/mol. The second kappa shape index (κ2) is 8.07. The van der Waals surface area contributed by atoms with E-state index in [0.29, 0.717) is 5.39 Å². The summed E-state index contributed by atoms with van der Waals surface area (Å²) in [4.78, 5) is 27.4. The van der Waals surface area contributed by atoms with Gasteiger partial charge in [-0.15, -0.1) is 22.7 Å². The second-order valence-electron chi connectivity index (χ2n) is 7.67. The summed E-state index contributed by atoms with van der Waals surface area (Å²) in [6.07, 6.45) is 0. The van der Waals surface area contributed by atoms with Crippen LogP contribution in [0.5, 0.6) is 0 Å². The fourth-order valence-electron chi connectivity index (χ4n) is 3.98. The molecular formula is C21H23N5O2S2. The number of fused-ring (bicyclic) bond motifs is 1. The van der Waals surface area contributed by atoms with Crippen LogP contribution in [0.15, 0.2) is 38.3 Å². The average molecular weight is 442 g/mol. The molecule has 1 aliphatic rings. The Kier molecular flexibility index (Phi) is 5.28. The zero-order chi connectivity index (χ0) is 20.7. The van der Waals surface area contributed by atoms with Gasteiger partial charge in [-0.1, -0.05) is 11.2 Å². The number of hydrogen-bond acceptors (Lipinski definition) is 8. The van der Waals surface area contributed by atoms with Crippen LogP contribution in [-0.4, -0.2) is 51.1 Å². The molecule has 1 saturated heterocycles. The first-order valence-corrected chi connectivity index (χ1v) is 11.8. The van der Waals surface area contributed by atoms with Crippen molar-refractivity contribution in [1.82, 2.24) is 24.9 Å². The van der Waals surface area contributed by atoms with Crippen LogP contribution < -0.4 is 5.56 Å². The molecule has 5 rings (SSSR count). The molecule has 0 aliphatic carbocycles. The molecular weight excluding hydrogens is 418 g/mol. The largest absolute Gasteiger partial charge is 0.361 e. The van der Waals surface area contributed by atoms with Crippen molar-refractivity contribution in [3.05, 3.63) is 56.6 Å². The normalized spacial score (nSPS) is 17.0. The van der Waals surface area contributed by atoms with Gasteiger partial charge in [-0.3, -0.25) is 14.6 Å². The van der Waals surface area contributed by atoms with E-state index in [4.69, 9.17) is 9.51 Å². The number of aromatic amines is 1. The van der Waals surface area contributed by atoms with Crippen LogP contribution in [0.2, 0.25) is 0 Å². The maximum absolute atomic E-state index is 12.9. The molecule has 7 nitrogen and oxygen atoms in total. The molecule has 1 aliphatic heterocycles. The Bertz CT molecular complexity index is 1200. The summed E-state index contributed by atoms with van der Waals surface area (Å²) in [5, 5.41) is 8.86. The molecule has 4 aromatic rings. The van der Waals surface area contributed by atoms with Gasteiger partial charge in [0.1, 0.15) is 16.4 Å². The fraction of sp³-hybridized carbons (Fsp3) is 0.381. The third-order valence-electron chi connectivity index (χ3n) is 5.66. The summed E-state index contributed by atoms with van der Waals surface area (Å²) in [6, 6.07) is 6.10. The van der Waals surface area contributed by atoms with Gasteiger partial charge >= 0.3 is 0 Å². The number of aryl methyl sites for hydroxylation is 1. The summed E-state index contributed by atoms with van der Waals surface area (Å²) >= 11 is 3.18. The SMILES string of the molecule is Cc1cc(CN2CCN(C(C)c3nc4scc(-c5cccs5)c4c(=O)[nH]3)CC2)no1. The van der Waals surface area contributed by atoms with Crippen LogP contribution >= 0.6 is 22.7 Å². The lowest BCUT2D eigenvalue weighted by Gasteiger charge is -2.37. The first-order valence-electron chi connectivity index (χ1n) is 10.0. The minimum Gasteiger partial charge on any atom is -0.361 e. The predicted molar refractivity (Wildman–Crippen MR) is 120 cm³/mol. The molecule has 1 fully saturated rings. The molecule has 4 aromatic heterocycles. The van der Waals surface area contributed by atoms with Crippen LogP contribution in [0, 0.1) is 6.92 Å². The first-order chi connectivity index (χ1) is 14.6. The van der Waals surface area contributed by atoms with Gasteiger partial charge in [-0.05, 0) is 25.3 Å². The van der Waals surface area contributed by atoms with Crippen molar-refractivity contribution >= 4 is 32.9 Å². The summed E-state index contributed by atoms with van der Waals surface area (Å²) in [5.41, 5.74) is 1.91. The highest BCUT2D eigenvalue weighted by molar-refractivity contribution is 7.18. The molecule has 1 unspecified atom stereocenters. The molecule has 1 atom stereocenters. The van der Waals surface area contributed by atoms with Crippen molar-refractivity contribution in [1.29, 1.82) is 0 Å². The number of H-pyrrole nitrogens is 1. The lowest BCUT2D eigenvalue weighted by molar-refractivity contribution is 0.0933. The lowest BCUT2D eigenvalue weighted by Crippen LogP contribution is -2.47. The van der Waals surface area contributed by atoms with E-state index in [1.54, 1.807) is 22.7 Å².